The van der Waals surface area contributed by atoms with E-state index in [1.54, 1.807) is 0 Å². The number of hydrogen-bond acceptors (Lipinski definition) is 2. The predicted octanol–water partition coefficient (Wildman–Crippen LogP) is 3.81. The third kappa shape index (κ3) is 3.81. The van der Waals surface area contributed by atoms with Gasteiger partial charge in [0.1, 0.15) is 0 Å². The molecule has 78 valence electrons. The van der Waals surface area contributed by atoms with Gasteiger partial charge in [-0.05, 0) is 30.4 Å². The molecule has 0 spiro atoms. The first-order valence-electron chi connectivity index (χ1n) is 4.82. The van der Waals surface area contributed by atoms with E-state index in [1.165, 1.54) is 11.3 Å². The standard InChI is InChI=1S/C11H16ClNS/c1-3-14-7-6-13-11-8-10(12)5-4-9(11)2/h4-5,8,13H,3,6-7H2,1-2H3. The average molecular weight is 230 g/mol. The molecule has 0 aliphatic carbocycles. The summed E-state index contributed by atoms with van der Waals surface area (Å²) in [5.41, 5.74) is 2.39. The van der Waals surface area contributed by atoms with E-state index in [0.29, 0.717) is 0 Å². The molecule has 1 nitrogen and oxygen atoms in total. The molecular formula is C11H16ClNS. The Hall–Kier alpha value is -0.340. The van der Waals surface area contributed by atoms with E-state index in [4.69, 9.17) is 11.6 Å². The molecule has 0 saturated heterocycles. The fourth-order valence-corrected chi connectivity index (χ4v) is 1.89. The summed E-state index contributed by atoms with van der Waals surface area (Å²) in [6.07, 6.45) is 0. The second-order valence-corrected chi connectivity index (χ2v) is 4.91. The smallest absolute Gasteiger partial charge is 0.0426 e. The molecule has 0 aromatic heterocycles. The van der Waals surface area contributed by atoms with Gasteiger partial charge in [0, 0.05) is 23.0 Å². The Morgan fingerprint density at radius 2 is 2.21 bits per heavy atom. The summed E-state index contributed by atoms with van der Waals surface area (Å²) < 4.78 is 0. The zero-order chi connectivity index (χ0) is 10.4. The lowest BCUT2D eigenvalue weighted by molar-refractivity contribution is 1.21. The number of rotatable bonds is 5. The lowest BCUT2D eigenvalue weighted by Crippen LogP contribution is -2.05. The molecule has 0 saturated carbocycles. The lowest BCUT2D eigenvalue weighted by atomic mass is 10.2. The average Bonchev–Trinajstić information content (AvgIpc) is 2.18. The van der Waals surface area contributed by atoms with Crippen molar-refractivity contribution in [3.05, 3.63) is 28.8 Å². The van der Waals surface area contributed by atoms with Gasteiger partial charge in [-0.25, -0.2) is 0 Å². The van der Waals surface area contributed by atoms with Crippen molar-refractivity contribution in [2.24, 2.45) is 0 Å². The Bertz CT molecular complexity index is 289. The van der Waals surface area contributed by atoms with Crippen molar-refractivity contribution < 1.29 is 0 Å². The normalized spacial score (nSPS) is 10.2. The fourth-order valence-electron chi connectivity index (χ4n) is 1.19. The summed E-state index contributed by atoms with van der Waals surface area (Å²) in [7, 11) is 0. The molecule has 1 aromatic rings. The summed E-state index contributed by atoms with van der Waals surface area (Å²) in [5, 5.41) is 4.18. The Balaban J connectivity index is 2.45. The number of aryl methyl sites for hydroxylation is 1. The molecule has 0 fully saturated rings. The molecule has 0 aliphatic rings. The van der Waals surface area contributed by atoms with Gasteiger partial charge in [-0.2, -0.15) is 11.8 Å². The van der Waals surface area contributed by atoms with Gasteiger partial charge in [0.15, 0.2) is 0 Å². The molecular weight excluding hydrogens is 214 g/mol. The van der Waals surface area contributed by atoms with Gasteiger partial charge < -0.3 is 5.32 Å². The first-order chi connectivity index (χ1) is 6.74. The highest BCUT2D eigenvalue weighted by molar-refractivity contribution is 7.99. The van der Waals surface area contributed by atoms with Crippen molar-refractivity contribution in [1.82, 2.24) is 0 Å². The third-order valence-corrected chi connectivity index (χ3v) is 3.10. The van der Waals surface area contributed by atoms with E-state index < -0.39 is 0 Å². The van der Waals surface area contributed by atoms with Crippen molar-refractivity contribution in [1.29, 1.82) is 0 Å². The predicted molar refractivity (Wildman–Crippen MR) is 67.7 cm³/mol. The van der Waals surface area contributed by atoms with E-state index in [9.17, 15) is 0 Å². The molecule has 0 unspecified atom stereocenters. The zero-order valence-corrected chi connectivity index (χ0v) is 10.2. The number of benzene rings is 1. The Kier molecular flexibility index (Phi) is 5.20. The summed E-state index contributed by atoms with van der Waals surface area (Å²) in [4.78, 5) is 0. The minimum Gasteiger partial charge on any atom is -0.384 e. The van der Waals surface area contributed by atoms with Crippen LogP contribution in [0.3, 0.4) is 0 Å². The van der Waals surface area contributed by atoms with Crippen LogP contribution in [-0.4, -0.2) is 18.1 Å². The van der Waals surface area contributed by atoms with Crippen LogP contribution < -0.4 is 5.32 Å². The Labute approximate surface area is 95.2 Å². The topological polar surface area (TPSA) is 12.0 Å². The fraction of sp³-hybridized carbons (Fsp3) is 0.455. The summed E-state index contributed by atoms with van der Waals surface area (Å²) in [5.74, 6) is 2.32. The molecule has 3 heteroatoms. The van der Waals surface area contributed by atoms with Gasteiger partial charge in [0.05, 0.1) is 0 Å². The summed E-state index contributed by atoms with van der Waals surface area (Å²) >= 11 is 7.85. The van der Waals surface area contributed by atoms with Crippen LogP contribution in [0.1, 0.15) is 12.5 Å². The highest BCUT2D eigenvalue weighted by atomic mass is 35.5. The van der Waals surface area contributed by atoms with Gasteiger partial charge in [0.2, 0.25) is 0 Å². The van der Waals surface area contributed by atoms with Crippen LogP contribution in [0.4, 0.5) is 5.69 Å². The van der Waals surface area contributed by atoms with E-state index in [-0.39, 0.29) is 0 Å². The second kappa shape index (κ2) is 6.20. The van der Waals surface area contributed by atoms with E-state index in [1.807, 2.05) is 30.0 Å². The quantitative estimate of drug-likeness (QED) is 0.771. The van der Waals surface area contributed by atoms with Gasteiger partial charge in [-0.1, -0.05) is 24.6 Å². The highest BCUT2D eigenvalue weighted by Gasteiger charge is 1.97. The lowest BCUT2D eigenvalue weighted by Gasteiger charge is -2.09. The Morgan fingerprint density at radius 1 is 1.43 bits per heavy atom. The summed E-state index contributed by atoms with van der Waals surface area (Å²) in [6, 6.07) is 5.94. The van der Waals surface area contributed by atoms with E-state index >= 15 is 0 Å². The van der Waals surface area contributed by atoms with Gasteiger partial charge in [-0.3, -0.25) is 0 Å². The van der Waals surface area contributed by atoms with Crippen LogP contribution in [0, 0.1) is 6.92 Å². The minimum atomic E-state index is 0.793. The van der Waals surface area contributed by atoms with Crippen molar-refractivity contribution in [2.45, 2.75) is 13.8 Å². The van der Waals surface area contributed by atoms with E-state index in [2.05, 4.69) is 19.2 Å². The molecule has 14 heavy (non-hydrogen) atoms. The van der Waals surface area contributed by atoms with Crippen LogP contribution in [-0.2, 0) is 0 Å². The molecule has 0 aliphatic heterocycles. The van der Waals surface area contributed by atoms with Crippen LogP contribution in [0.15, 0.2) is 18.2 Å². The van der Waals surface area contributed by atoms with Crippen molar-refractivity contribution >= 4 is 29.1 Å². The van der Waals surface area contributed by atoms with Crippen LogP contribution in [0.5, 0.6) is 0 Å². The highest BCUT2D eigenvalue weighted by Crippen LogP contribution is 2.19. The maximum absolute atomic E-state index is 5.91. The first-order valence-corrected chi connectivity index (χ1v) is 6.35. The molecule has 0 radical (unpaired) electrons. The number of thioether (sulfide) groups is 1. The van der Waals surface area contributed by atoms with Crippen LogP contribution in [0.25, 0.3) is 0 Å². The SMILES string of the molecule is CCSCCNc1cc(Cl)ccc1C. The van der Waals surface area contributed by atoms with Gasteiger partial charge in [0.25, 0.3) is 0 Å². The molecule has 1 aromatic carbocycles. The van der Waals surface area contributed by atoms with Crippen LogP contribution >= 0.6 is 23.4 Å². The molecule has 1 rings (SSSR count). The second-order valence-electron chi connectivity index (χ2n) is 3.08. The molecule has 1 N–H and O–H groups in total. The maximum atomic E-state index is 5.91. The van der Waals surface area contributed by atoms with Crippen LogP contribution in [0.2, 0.25) is 5.02 Å². The number of halogens is 1. The molecule has 0 bridgehead atoms. The minimum absolute atomic E-state index is 0.793. The molecule has 0 atom stereocenters. The summed E-state index contributed by atoms with van der Waals surface area (Å²) in [6.45, 7) is 5.26. The number of anilines is 1. The van der Waals surface area contributed by atoms with Gasteiger partial charge >= 0.3 is 0 Å². The van der Waals surface area contributed by atoms with Crippen molar-refractivity contribution in [3.63, 3.8) is 0 Å². The number of hydrogen-bond donors (Lipinski definition) is 1. The van der Waals surface area contributed by atoms with Crippen molar-refractivity contribution in [3.8, 4) is 0 Å². The maximum Gasteiger partial charge on any atom is 0.0426 e. The number of nitrogens with one attached hydrogen (secondary N) is 1. The molecule has 0 heterocycles. The first kappa shape index (κ1) is 11.7. The monoisotopic (exact) mass is 229 g/mol. The van der Waals surface area contributed by atoms with Crippen molar-refractivity contribution in [2.75, 3.05) is 23.4 Å². The largest absolute Gasteiger partial charge is 0.384 e. The third-order valence-electron chi connectivity index (χ3n) is 1.97. The zero-order valence-electron chi connectivity index (χ0n) is 8.64. The van der Waals surface area contributed by atoms with Gasteiger partial charge in [-0.15, -0.1) is 0 Å². The molecule has 0 amide bonds. The Morgan fingerprint density at radius 3 is 2.93 bits per heavy atom. The van der Waals surface area contributed by atoms with E-state index in [0.717, 1.165) is 23.0 Å².